The fraction of sp³-hybridized carbons (Fsp3) is 0.474. The third-order valence-electron chi connectivity index (χ3n) is 4.84. The molecule has 1 amide bonds. The SMILES string of the molecule is Cc1ccc(C(=O)Nc2ncc(CN3CCCCC3C)s2)cc1C. The number of aryl methyl sites for hydroxylation is 2. The minimum absolute atomic E-state index is 0.0923. The van der Waals surface area contributed by atoms with E-state index in [1.165, 1.54) is 29.7 Å². The quantitative estimate of drug-likeness (QED) is 0.895. The van der Waals surface area contributed by atoms with Gasteiger partial charge < -0.3 is 0 Å². The van der Waals surface area contributed by atoms with E-state index < -0.39 is 0 Å². The van der Waals surface area contributed by atoms with Gasteiger partial charge in [0, 0.05) is 29.2 Å². The molecular formula is C19H25N3OS. The van der Waals surface area contributed by atoms with Gasteiger partial charge in [-0.2, -0.15) is 0 Å². The Morgan fingerprint density at radius 3 is 2.92 bits per heavy atom. The number of rotatable bonds is 4. The van der Waals surface area contributed by atoms with Crippen LogP contribution >= 0.6 is 11.3 Å². The topological polar surface area (TPSA) is 45.2 Å². The van der Waals surface area contributed by atoms with Crippen LogP contribution in [0.25, 0.3) is 0 Å². The molecule has 1 fully saturated rings. The van der Waals surface area contributed by atoms with E-state index >= 15 is 0 Å². The number of carbonyl (C=O) groups excluding carboxylic acids is 1. The number of nitrogens with zero attached hydrogens (tertiary/aromatic N) is 2. The first kappa shape index (κ1) is 17.1. The molecule has 2 aromatic rings. The van der Waals surface area contributed by atoms with Crippen molar-refractivity contribution in [3.63, 3.8) is 0 Å². The largest absolute Gasteiger partial charge is 0.298 e. The minimum atomic E-state index is -0.0923. The highest BCUT2D eigenvalue weighted by Crippen LogP contribution is 2.24. The average molecular weight is 343 g/mol. The van der Waals surface area contributed by atoms with Crippen LogP contribution in [0.1, 0.15) is 52.5 Å². The van der Waals surface area contributed by atoms with Crippen molar-refractivity contribution in [2.45, 2.75) is 52.6 Å². The number of carbonyl (C=O) groups is 1. The molecule has 1 N–H and O–H groups in total. The highest BCUT2D eigenvalue weighted by atomic mass is 32.1. The molecule has 1 aliphatic rings. The van der Waals surface area contributed by atoms with Crippen LogP contribution in [-0.2, 0) is 6.54 Å². The van der Waals surface area contributed by atoms with Crippen LogP contribution in [0, 0.1) is 13.8 Å². The Kier molecular flexibility index (Phi) is 5.31. The van der Waals surface area contributed by atoms with Gasteiger partial charge in [-0.05, 0) is 63.4 Å². The van der Waals surface area contributed by atoms with Gasteiger partial charge >= 0.3 is 0 Å². The van der Waals surface area contributed by atoms with Gasteiger partial charge in [-0.3, -0.25) is 15.0 Å². The number of likely N-dealkylation sites (tertiary alicyclic amines) is 1. The van der Waals surface area contributed by atoms with Crippen molar-refractivity contribution in [2.75, 3.05) is 11.9 Å². The maximum atomic E-state index is 12.4. The highest BCUT2D eigenvalue weighted by molar-refractivity contribution is 7.15. The molecule has 0 bridgehead atoms. The van der Waals surface area contributed by atoms with Crippen molar-refractivity contribution < 1.29 is 4.79 Å². The number of benzene rings is 1. The van der Waals surface area contributed by atoms with E-state index in [4.69, 9.17) is 0 Å². The highest BCUT2D eigenvalue weighted by Gasteiger charge is 2.19. The van der Waals surface area contributed by atoms with Crippen molar-refractivity contribution in [3.05, 3.63) is 46.0 Å². The molecule has 128 valence electrons. The Labute approximate surface area is 147 Å². The first-order valence-corrected chi connectivity index (χ1v) is 9.42. The Morgan fingerprint density at radius 2 is 2.17 bits per heavy atom. The molecule has 1 aromatic carbocycles. The van der Waals surface area contributed by atoms with E-state index in [-0.39, 0.29) is 5.91 Å². The molecule has 3 rings (SSSR count). The summed E-state index contributed by atoms with van der Waals surface area (Å²) in [5, 5.41) is 3.60. The number of hydrogen-bond acceptors (Lipinski definition) is 4. The van der Waals surface area contributed by atoms with E-state index in [1.807, 2.05) is 38.2 Å². The number of amides is 1. The smallest absolute Gasteiger partial charge is 0.257 e. The zero-order chi connectivity index (χ0) is 17.1. The Bertz CT molecular complexity index is 725. The standard InChI is InChI=1S/C19H25N3OS/c1-13-7-8-16(10-14(13)2)18(23)21-19-20-11-17(24-19)12-22-9-5-4-6-15(22)3/h7-8,10-11,15H,4-6,9,12H2,1-3H3,(H,20,21,23). The third-order valence-corrected chi connectivity index (χ3v) is 5.74. The number of anilines is 1. The second-order valence-electron chi connectivity index (χ2n) is 6.70. The van der Waals surface area contributed by atoms with Gasteiger partial charge in [-0.1, -0.05) is 12.5 Å². The fourth-order valence-electron chi connectivity index (χ4n) is 3.08. The van der Waals surface area contributed by atoms with Crippen LogP contribution in [0.5, 0.6) is 0 Å². The molecule has 1 unspecified atom stereocenters. The summed E-state index contributed by atoms with van der Waals surface area (Å²) in [4.78, 5) is 20.5. The summed E-state index contributed by atoms with van der Waals surface area (Å²) in [6.45, 7) is 8.45. The van der Waals surface area contributed by atoms with Crippen LogP contribution in [0.4, 0.5) is 5.13 Å². The van der Waals surface area contributed by atoms with Crippen molar-refractivity contribution in [1.82, 2.24) is 9.88 Å². The van der Waals surface area contributed by atoms with Gasteiger partial charge in [0.25, 0.3) is 5.91 Å². The van der Waals surface area contributed by atoms with E-state index in [0.717, 1.165) is 18.7 Å². The summed E-state index contributed by atoms with van der Waals surface area (Å²) in [6, 6.07) is 6.40. The lowest BCUT2D eigenvalue weighted by molar-refractivity contribution is 0.102. The number of nitrogens with one attached hydrogen (secondary N) is 1. The molecule has 24 heavy (non-hydrogen) atoms. The van der Waals surface area contributed by atoms with Crippen molar-refractivity contribution in [1.29, 1.82) is 0 Å². The van der Waals surface area contributed by atoms with E-state index in [1.54, 1.807) is 11.3 Å². The first-order chi connectivity index (χ1) is 11.5. The van der Waals surface area contributed by atoms with Gasteiger partial charge in [-0.15, -0.1) is 11.3 Å². The summed E-state index contributed by atoms with van der Waals surface area (Å²) < 4.78 is 0. The molecule has 1 aliphatic heterocycles. The van der Waals surface area contributed by atoms with Gasteiger partial charge in [0.2, 0.25) is 0 Å². The molecule has 1 saturated heterocycles. The lowest BCUT2D eigenvalue weighted by Crippen LogP contribution is -2.36. The zero-order valence-electron chi connectivity index (χ0n) is 14.6. The van der Waals surface area contributed by atoms with E-state index in [0.29, 0.717) is 16.7 Å². The number of thiazole rings is 1. The summed E-state index contributed by atoms with van der Waals surface area (Å²) in [7, 11) is 0. The molecule has 4 nitrogen and oxygen atoms in total. The van der Waals surface area contributed by atoms with Crippen molar-refractivity contribution in [3.8, 4) is 0 Å². The Hall–Kier alpha value is -1.72. The minimum Gasteiger partial charge on any atom is -0.298 e. The molecule has 0 radical (unpaired) electrons. The average Bonchev–Trinajstić information content (AvgIpc) is 2.99. The molecule has 0 spiro atoms. The maximum absolute atomic E-state index is 12.4. The molecule has 1 aromatic heterocycles. The molecular weight excluding hydrogens is 318 g/mol. The predicted octanol–water partition coefficient (Wildman–Crippen LogP) is 4.39. The van der Waals surface area contributed by atoms with Crippen LogP contribution < -0.4 is 5.32 Å². The molecule has 2 heterocycles. The van der Waals surface area contributed by atoms with E-state index in [2.05, 4.69) is 22.1 Å². The Balaban J connectivity index is 1.62. The van der Waals surface area contributed by atoms with E-state index in [9.17, 15) is 4.79 Å². The lowest BCUT2D eigenvalue weighted by Gasteiger charge is -2.32. The van der Waals surface area contributed by atoms with Crippen molar-refractivity contribution >= 4 is 22.4 Å². The Morgan fingerprint density at radius 1 is 1.33 bits per heavy atom. The first-order valence-electron chi connectivity index (χ1n) is 8.60. The number of hydrogen-bond donors (Lipinski definition) is 1. The summed E-state index contributed by atoms with van der Waals surface area (Å²) in [6.07, 6.45) is 5.77. The molecule has 1 atom stereocenters. The predicted molar refractivity (Wildman–Crippen MR) is 99.7 cm³/mol. The number of aromatic nitrogens is 1. The monoisotopic (exact) mass is 343 g/mol. The summed E-state index contributed by atoms with van der Waals surface area (Å²) >= 11 is 1.57. The second kappa shape index (κ2) is 7.45. The number of piperidine rings is 1. The van der Waals surface area contributed by atoms with Crippen LogP contribution in [-0.4, -0.2) is 28.4 Å². The van der Waals surface area contributed by atoms with Crippen LogP contribution in [0.2, 0.25) is 0 Å². The zero-order valence-corrected chi connectivity index (χ0v) is 15.4. The normalized spacial score (nSPS) is 18.5. The van der Waals surface area contributed by atoms with Crippen LogP contribution in [0.3, 0.4) is 0 Å². The molecule has 0 aliphatic carbocycles. The van der Waals surface area contributed by atoms with Gasteiger partial charge in [0.15, 0.2) is 5.13 Å². The lowest BCUT2D eigenvalue weighted by atomic mass is 10.0. The van der Waals surface area contributed by atoms with Gasteiger partial charge in [0.1, 0.15) is 0 Å². The maximum Gasteiger partial charge on any atom is 0.257 e. The summed E-state index contributed by atoms with van der Waals surface area (Å²) in [5.74, 6) is -0.0923. The fourth-order valence-corrected chi connectivity index (χ4v) is 3.92. The summed E-state index contributed by atoms with van der Waals surface area (Å²) in [5.41, 5.74) is 3.00. The van der Waals surface area contributed by atoms with Crippen molar-refractivity contribution in [2.24, 2.45) is 0 Å². The molecule has 5 heteroatoms. The van der Waals surface area contributed by atoms with Gasteiger partial charge in [-0.25, -0.2) is 4.98 Å². The third kappa shape index (κ3) is 4.02. The second-order valence-corrected chi connectivity index (χ2v) is 7.82. The van der Waals surface area contributed by atoms with Gasteiger partial charge in [0.05, 0.1) is 0 Å². The molecule has 0 saturated carbocycles. The van der Waals surface area contributed by atoms with Crippen LogP contribution in [0.15, 0.2) is 24.4 Å².